The number of ketones is 1. The smallest absolute Gasteiger partial charge is 0.136 e. The van der Waals surface area contributed by atoms with E-state index in [1.54, 1.807) is 0 Å². The molecule has 0 aliphatic heterocycles. The summed E-state index contributed by atoms with van der Waals surface area (Å²) in [7, 11) is 0. The lowest BCUT2D eigenvalue weighted by molar-refractivity contribution is -0.212. The summed E-state index contributed by atoms with van der Waals surface area (Å²) in [5.41, 5.74) is 1.52. The Balaban J connectivity index is 1.92. The van der Waals surface area contributed by atoms with Gasteiger partial charge in [-0.3, -0.25) is 4.79 Å². The molecule has 4 aliphatic carbocycles. The minimum Gasteiger partial charge on any atom is -0.299 e. The molecular weight excluding hydrogens is 184 g/mol. The van der Waals surface area contributed by atoms with Gasteiger partial charge in [-0.05, 0) is 54.3 Å². The van der Waals surface area contributed by atoms with Crippen LogP contribution in [0.3, 0.4) is 0 Å². The predicted octanol–water partition coefficient (Wildman–Crippen LogP) is 3.18. The Bertz CT molecular complexity index is 374. The van der Waals surface area contributed by atoms with E-state index in [-0.39, 0.29) is 0 Å². The van der Waals surface area contributed by atoms with Crippen molar-refractivity contribution in [2.75, 3.05) is 0 Å². The average molecular weight is 204 g/mol. The summed E-state index contributed by atoms with van der Waals surface area (Å²) in [6, 6.07) is 0. The first-order valence-electron chi connectivity index (χ1n) is 6.56. The number of rotatable bonds is 0. The van der Waals surface area contributed by atoms with Crippen LogP contribution in [0.4, 0.5) is 0 Å². The molecule has 82 valence electrons. The first-order chi connectivity index (χ1) is 7.04. The van der Waals surface area contributed by atoms with Crippen molar-refractivity contribution >= 4 is 5.78 Å². The molecule has 0 saturated heterocycles. The Labute approximate surface area is 91.6 Å². The second-order valence-electron chi connectivity index (χ2n) is 7.06. The van der Waals surface area contributed by atoms with Crippen molar-refractivity contribution in [3.05, 3.63) is 0 Å². The Morgan fingerprint density at radius 2 is 2.00 bits per heavy atom. The van der Waals surface area contributed by atoms with Gasteiger partial charge in [-0.25, -0.2) is 0 Å². The third-order valence-electron chi connectivity index (χ3n) is 7.36. The van der Waals surface area contributed by atoms with Crippen molar-refractivity contribution in [2.24, 2.45) is 28.1 Å². The summed E-state index contributed by atoms with van der Waals surface area (Å²) in [5, 5.41) is 0. The summed E-state index contributed by atoms with van der Waals surface area (Å²) in [6.07, 6.45) is 7.65. The third kappa shape index (κ3) is 0.601. The molecule has 0 aromatic heterocycles. The number of fused-ring (bicyclic) bond motifs is 2. The highest BCUT2D eigenvalue weighted by Gasteiger charge is 2.79. The van der Waals surface area contributed by atoms with Crippen LogP contribution in [0.15, 0.2) is 0 Å². The zero-order valence-electron chi connectivity index (χ0n) is 9.81. The van der Waals surface area contributed by atoms with Gasteiger partial charge < -0.3 is 0 Å². The molecule has 4 rings (SSSR count). The van der Waals surface area contributed by atoms with E-state index >= 15 is 0 Å². The molecule has 1 nitrogen and oxygen atoms in total. The molecule has 0 amide bonds. The van der Waals surface area contributed by atoms with Crippen molar-refractivity contribution in [1.82, 2.24) is 0 Å². The Morgan fingerprint density at radius 3 is 2.80 bits per heavy atom. The minimum absolute atomic E-state index is 0.401. The largest absolute Gasteiger partial charge is 0.299 e. The second kappa shape index (κ2) is 2.06. The molecule has 0 heterocycles. The van der Waals surface area contributed by atoms with E-state index in [2.05, 4.69) is 13.8 Å². The molecule has 5 atom stereocenters. The number of carbonyl (C=O) groups excluding carboxylic acids is 1. The van der Waals surface area contributed by atoms with Crippen LogP contribution in [0.2, 0.25) is 0 Å². The van der Waals surface area contributed by atoms with Gasteiger partial charge in [0, 0.05) is 12.3 Å². The molecule has 4 aliphatic rings. The summed E-state index contributed by atoms with van der Waals surface area (Å²) >= 11 is 0. The van der Waals surface area contributed by atoms with Gasteiger partial charge in [-0.2, -0.15) is 0 Å². The lowest BCUT2D eigenvalue weighted by Crippen LogP contribution is -2.66. The van der Waals surface area contributed by atoms with Crippen molar-refractivity contribution < 1.29 is 4.79 Å². The summed E-state index contributed by atoms with van der Waals surface area (Å²) in [6.45, 7) is 4.94. The molecule has 2 bridgehead atoms. The lowest BCUT2D eigenvalue weighted by Gasteiger charge is -2.69. The van der Waals surface area contributed by atoms with Crippen molar-refractivity contribution in [3.63, 3.8) is 0 Å². The highest BCUT2D eigenvalue weighted by molar-refractivity contribution is 5.85. The van der Waals surface area contributed by atoms with E-state index in [0.717, 1.165) is 12.3 Å². The van der Waals surface area contributed by atoms with Gasteiger partial charge in [0.25, 0.3) is 0 Å². The Morgan fingerprint density at radius 1 is 1.20 bits per heavy atom. The lowest BCUT2D eigenvalue weighted by atomic mass is 9.34. The van der Waals surface area contributed by atoms with Gasteiger partial charge >= 0.3 is 0 Å². The fraction of sp³-hybridized carbons (Fsp3) is 0.929. The maximum atomic E-state index is 12.0. The van der Waals surface area contributed by atoms with Crippen LogP contribution in [-0.4, -0.2) is 5.78 Å². The standard InChI is InChI=1S/C14H20O/c1-12-8-10-11(15)4-6-14(13(10,12)2)5-3-9(12)7-14/h9-10H,3-8H2,1-2H3/t9-,10-,12+,13+,14-/m1/s1. The molecule has 0 aromatic carbocycles. The van der Waals surface area contributed by atoms with Gasteiger partial charge in [0.05, 0.1) is 0 Å². The Hall–Kier alpha value is -0.330. The number of hydrogen-bond acceptors (Lipinski definition) is 1. The van der Waals surface area contributed by atoms with Crippen molar-refractivity contribution in [2.45, 2.75) is 52.4 Å². The maximum Gasteiger partial charge on any atom is 0.136 e. The van der Waals surface area contributed by atoms with Gasteiger partial charge in [-0.15, -0.1) is 0 Å². The monoisotopic (exact) mass is 204 g/mol. The van der Waals surface area contributed by atoms with Crippen LogP contribution in [0.5, 0.6) is 0 Å². The summed E-state index contributed by atoms with van der Waals surface area (Å²) in [5.74, 6) is 1.99. The van der Waals surface area contributed by atoms with Crippen molar-refractivity contribution in [1.29, 1.82) is 0 Å². The molecular formula is C14H20O. The van der Waals surface area contributed by atoms with E-state index in [4.69, 9.17) is 0 Å². The van der Waals surface area contributed by atoms with Gasteiger partial charge in [-0.1, -0.05) is 13.8 Å². The molecule has 1 heteroatoms. The highest BCUT2D eigenvalue weighted by atomic mass is 16.1. The summed E-state index contributed by atoms with van der Waals surface area (Å²) < 4.78 is 0. The average Bonchev–Trinajstić information content (AvgIpc) is 2.70. The second-order valence-corrected chi connectivity index (χ2v) is 7.06. The van der Waals surface area contributed by atoms with Gasteiger partial charge in [0.15, 0.2) is 0 Å². The first kappa shape index (κ1) is 8.78. The SMILES string of the molecule is C[C@]12[C@@H]3C[C@@]1(C)[C@@H]1CC[C@@]2(CCC3=O)C1. The van der Waals surface area contributed by atoms with Crippen LogP contribution in [0, 0.1) is 28.1 Å². The molecule has 0 radical (unpaired) electrons. The van der Waals surface area contributed by atoms with E-state index < -0.39 is 0 Å². The van der Waals surface area contributed by atoms with Crippen LogP contribution < -0.4 is 0 Å². The molecule has 4 saturated carbocycles. The van der Waals surface area contributed by atoms with E-state index in [9.17, 15) is 4.79 Å². The zero-order valence-corrected chi connectivity index (χ0v) is 9.81. The number of Topliss-reactive ketones (excluding diaryl/α,β-unsaturated/α-hetero) is 1. The molecule has 1 spiro atoms. The third-order valence-corrected chi connectivity index (χ3v) is 7.36. The molecule has 15 heavy (non-hydrogen) atoms. The van der Waals surface area contributed by atoms with E-state index in [1.807, 2.05) is 0 Å². The minimum atomic E-state index is 0.401. The highest BCUT2D eigenvalue weighted by Crippen LogP contribution is 2.85. The summed E-state index contributed by atoms with van der Waals surface area (Å²) in [4.78, 5) is 12.0. The molecule has 4 fully saturated rings. The van der Waals surface area contributed by atoms with E-state index in [1.165, 1.54) is 32.1 Å². The number of carbonyl (C=O) groups is 1. The fourth-order valence-corrected chi connectivity index (χ4v) is 6.27. The fourth-order valence-electron chi connectivity index (χ4n) is 6.27. The van der Waals surface area contributed by atoms with Crippen molar-refractivity contribution in [3.8, 4) is 0 Å². The molecule has 0 N–H and O–H groups in total. The number of hydrogen-bond donors (Lipinski definition) is 0. The first-order valence-corrected chi connectivity index (χ1v) is 6.56. The van der Waals surface area contributed by atoms with Gasteiger partial charge in [0.2, 0.25) is 0 Å². The quantitative estimate of drug-likeness (QED) is 0.592. The Kier molecular flexibility index (Phi) is 1.20. The van der Waals surface area contributed by atoms with Crippen LogP contribution in [0.1, 0.15) is 52.4 Å². The predicted molar refractivity (Wildman–Crippen MR) is 58.3 cm³/mol. The van der Waals surface area contributed by atoms with Gasteiger partial charge in [0.1, 0.15) is 5.78 Å². The zero-order chi connectivity index (χ0) is 10.5. The van der Waals surface area contributed by atoms with Crippen LogP contribution in [0.25, 0.3) is 0 Å². The molecule has 0 aromatic rings. The van der Waals surface area contributed by atoms with Crippen LogP contribution in [-0.2, 0) is 4.79 Å². The topological polar surface area (TPSA) is 17.1 Å². The normalized spacial score (nSPS) is 65.3. The molecule has 0 unspecified atom stereocenters. The van der Waals surface area contributed by atoms with E-state index in [0.29, 0.717) is 27.9 Å². The van der Waals surface area contributed by atoms with Crippen LogP contribution >= 0.6 is 0 Å². The maximum absolute atomic E-state index is 12.0.